The number of amides is 1. The third kappa shape index (κ3) is 5.84. The molecule has 0 heterocycles. The topological polar surface area (TPSA) is 64.6 Å². The van der Waals surface area contributed by atoms with E-state index in [4.69, 9.17) is 9.47 Å². The second-order valence-corrected chi connectivity index (χ2v) is 6.90. The monoisotopic (exact) mass is 369 g/mol. The fraction of sp³-hybridized carbons (Fsp3) is 0.364. The first-order valence-electron chi connectivity index (χ1n) is 9.02. The zero-order valence-electron chi connectivity index (χ0n) is 16.5. The minimum Gasteiger partial charge on any atom is -0.497 e. The molecular formula is C22H27NO4. The van der Waals surface area contributed by atoms with Crippen molar-refractivity contribution < 1.29 is 19.1 Å². The molecule has 1 amide bonds. The smallest absolute Gasteiger partial charge is 0.313 e. The van der Waals surface area contributed by atoms with Crippen LogP contribution in [0.5, 0.6) is 11.5 Å². The Morgan fingerprint density at radius 2 is 1.74 bits per heavy atom. The Morgan fingerprint density at radius 3 is 2.30 bits per heavy atom. The highest BCUT2D eigenvalue weighted by molar-refractivity contribution is 5.77. The molecular weight excluding hydrogens is 342 g/mol. The molecule has 0 fully saturated rings. The Balaban J connectivity index is 2.18. The second kappa shape index (κ2) is 9.21. The zero-order valence-corrected chi connectivity index (χ0v) is 16.5. The summed E-state index contributed by atoms with van der Waals surface area (Å²) in [5.41, 5.74) is 2.82. The molecule has 0 aromatic heterocycles. The van der Waals surface area contributed by atoms with Crippen LogP contribution in [-0.4, -0.2) is 19.0 Å². The number of hydrogen-bond donors (Lipinski definition) is 1. The van der Waals surface area contributed by atoms with Gasteiger partial charge in [0.1, 0.15) is 11.5 Å². The van der Waals surface area contributed by atoms with Gasteiger partial charge in [0.15, 0.2) is 0 Å². The lowest BCUT2D eigenvalue weighted by atomic mass is 10.0. The maximum absolute atomic E-state index is 12.6. The number of hydrogen-bond acceptors (Lipinski definition) is 4. The van der Waals surface area contributed by atoms with Crippen LogP contribution >= 0.6 is 0 Å². The molecule has 2 aromatic carbocycles. The van der Waals surface area contributed by atoms with Crippen LogP contribution in [0.3, 0.4) is 0 Å². The van der Waals surface area contributed by atoms with E-state index < -0.39 is 12.0 Å². The van der Waals surface area contributed by atoms with Gasteiger partial charge in [0, 0.05) is 6.92 Å². The molecule has 0 aliphatic rings. The van der Waals surface area contributed by atoms with E-state index in [2.05, 4.69) is 19.2 Å². The molecule has 0 saturated carbocycles. The molecule has 27 heavy (non-hydrogen) atoms. The van der Waals surface area contributed by atoms with Crippen molar-refractivity contribution in [2.75, 3.05) is 7.11 Å². The van der Waals surface area contributed by atoms with Crippen molar-refractivity contribution in [1.82, 2.24) is 5.32 Å². The van der Waals surface area contributed by atoms with Crippen molar-refractivity contribution in [1.29, 1.82) is 0 Å². The van der Waals surface area contributed by atoms with Gasteiger partial charge in [-0.2, -0.15) is 0 Å². The molecule has 2 rings (SSSR count). The largest absolute Gasteiger partial charge is 0.497 e. The first-order valence-corrected chi connectivity index (χ1v) is 9.02. The predicted octanol–water partition coefficient (Wildman–Crippen LogP) is 4.30. The number of esters is 1. The van der Waals surface area contributed by atoms with Crippen LogP contribution in [0.4, 0.5) is 0 Å². The van der Waals surface area contributed by atoms with Crippen LogP contribution in [0, 0.1) is 6.92 Å². The quantitative estimate of drug-likeness (QED) is 0.584. The molecule has 0 bridgehead atoms. The molecule has 0 aliphatic heterocycles. The highest BCUT2D eigenvalue weighted by Gasteiger charge is 2.20. The summed E-state index contributed by atoms with van der Waals surface area (Å²) in [4.78, 5) is 24.2. The van der Waals surface area contributed by atoms with Gasteiger partial charge in [-0.3, -0.25) is 9.59 Å². The minimum atomic E-state index is -0.465. The Bertz CT molecular complexity index is 796. The number of ether oxygens (including phenoxy) is 2. The van der Waals surface area contributed by atoms with E-state index in [1.54, 1.807) is 19.2 Å². The lowest BCUT2D eigenvalue weighted by Crippen LogP contribution is -2.29. The lowest BCUT2D eigenvalue weighted by Gasteiger charge is -2.19. The van der Waals surface area contributed by atoms with Crippen LogP contribution in [0.2, 0.25) is 0 Å². The Labute approximate surface area is 160 Å². The van der Waals surface area contributed by atoms with Gasteiger partial charge in [-0.1, -0.05) is 38.1 Å². The van der Waals surface area contributed by atoms with E-state index in [1.165, 1.54) is 6.92 Å². The number of carbonyl (C=O) groups excluding carboxylic acids is 2. The summed E-state index contributed by atoms with van der Waals surface area (Å²) in [6, 6.07) is 12.7. The Kier molecular flexibility index (Phi) is 6.99. The molecule has 0 saturated heterocycles. The molecule has 0 spiro atoms. The third-order valence-corrected chi connectivity index (χ3v) is 4.28. The van der Waals surface area contributed by atoms with Crippen LogP contribution in [0.25, 0.3) is 0 Å². The van der Waals surface area contributed by atoms with E-state index in [9.17, 15) is 9.59 Å². The maximum Gasteiger partial charge on any atom is 0.313 e. The van der Waals surface area contributed by atoms with E-state index in [-0.39, 0.29) is 18.2 Å². The summed E-state index contributed by atoms with van der Waals surface area (Å²) in [5, 5.41) is 2.82. The number of methoxy groups -OCH3 is 1. The van der Waals surface area contributed by atoms with E-state index in [0.717, 1.165) is 16.7 Å². The molecule has 1 atom stereocenters. The first kappa shape index (κ1) is 20.5. The van der Waals surface area contributed by atoms with Crippen LogP contribution in [-0.2, 0) is 9.59 Å². The van der Waals surface area contributed by atoms with Gasteiger partial charge in [0.05, 0.1) is 19.6 Å². The Morgan fingerprint density at radius 1 is 1.07 bits per heavy atom. The highest BCUT2D eigenvalue weighted by atomic mass is 16.5. The lowest BCUT2D eigenvalue weighted by molar-refractivity contribution is -0.135. The normalized spacial score (nSPS) is 11.8. The zero-order chi connectivity index (χ0) is 20.0. The molecule has 0 radical (unpaired) electrons. The van der Waals surface area contributed by atoms with Crippen LogP contribution in [0.15, 0.2) is 42.5 Å². The van der Waals surface area contributed by atoms with Crippen molar-refractivity contribution in [3.8, 4) is 11.5 Å². The molecule has 1 N–H and O–H groups in total. The standard InChI is InChI=1S/C22H27NO4/c1-14(2)19-11-6-15(3)12-21(19)27-22(25)13-20(23-16(4)24)17-7-9-18(26-5)10-8-17/h6-12,14,20H,13H2,1-5H3,(H,23,24). The number of benzene rings is 2. The number of aryl methyl sites for hydroxylation is 1. The van der Waals surface area contributed by atoms with E-state index in [1.807, 2.05) is 37.3 Å². The summed E-state index contributed by atoms with van der Waals surface area (Å²) >= 11 is 0. The highest BCUT2D eigenvalue weighted by Crippen LogP contribution is 2.29. The summed E-state index contributed by atoms with van der Waals surface area (Å²) in [6.07, 6.45) is 0.0391. The van der Waals surface area contributed by atoms with Gasteiger partial charge in [0.25, 0.3) is 0 Å². The first-order chi connectivity index (χ1) is 12.8. The number of rotatable bonds is 7. The van der Waals surface area contributed by atoms with Gasteiger partial charge < -0.3 is 14.8 Å². The number of carbonyl (C=O) groups is 2. The van der Waals surface area contributed by atoms with Gasteiger partial charge in [-0.25, -0.2) is 0 Å². The van der Waals surface area contributed by atoms with E-state index in [0.29, 0.717) is 11.5 Å². The number of nitrogens with one attached hydrogen (secondary N) is 1. The van der Waals surface area contributed by atoms with Crippen molar-refractivity contribution in [2.24, 2.45) is 0 Å². The van der Waals surface area contributed by atoms with Gasteiger partial charge >= 0.3 is 5.97 Å². The van der Waals surface area contributed by atoms with Crippen LogP contribution < -0.4 is 14.8 Å². The van der Waals surface area contributed by atoms with Gasteiger partial charge in [-0.15, -0.1) is 0 Å². The van der Waals surface area contributed by atoms with E-state index >= 15 is 0 Å². The van der Waals surface area contributed by atoms with Crippen molar-refractivity contribution >= 4 is 11.9 Å². The fourth-order valence-corrected chi connectivity index (χ4v) is 2.87. The maximum atomic E-state index is 12.6. The molecule has 0 aliphatic carbocycles. The molecule has 1 unspecified atom stereocenters. The average molecular weight is 369 g/mol. The fourth-order valence-electron chi connectivity index (χ4n) is 2.87. The van der Waals surface area contributed by atoms with Crippen molar-refractivity contribution in [3.05, 3.63) is 59.2 Å². The summed E-state index contributed by atoms with van der Waals surface area (Å²) in [5.74, 6) is 0.927. The van der Waals surface area contributed by atoms with Crippen molar-refractivity contribution in [2.45, 2.75) is 46.1 Å². The molecule has 144 valence electrons. The average Bonchev–Trinajstić information content (AvgIpc) is 2.60. The molecule has 5 heteroatoms. The van der Waals surface area contributed by atoms with Crippen LogP contribution in [0.1, 0.15) is 55.8 Å². The van der Waals surface area contributed by atoms with Gasteiger partial charge in [0.2, 0.25) is 5.91 Å². The summed E-state index contributed by atoms with van der Waals surface area (Å²) in [7, 11) is 1.59. The summed E-state index contributed by atoms with van der Waals surface area (Å²) in [6.45, 7) is 7.50. The Hall–Kier alpha value is -2.82. The SMILES string of the molecule is COc1ccc(C(CC(=O)Oc2cc(C)ccc2C(C)C)NC(C)=O)cc1. The van der Waals surface area contributed by atoms with Crippen molar-refractivity contribution in [3.63, 3.8) is 0 Å². The molecule has 2 aromatic rings. The second-order valence-electron chi connectivity index (χ2n) is 6.90. The molecule has 5 nitrogen and oxygen atoms in total. The van der Waals surface area contributed by atoms with Gasteiger partial charge in [-0.05, 0) is 47.7 Å². The third-order valence-electron chi connectivity index (χ3n) is 4.28. The predicted molar refractivity (Wildman–Crippen MR) is 105 cm³/mol. The minimum absolute atomic E-state index is 0.0391. The summed E-state index contributed by atoms with van der Waals surface area (Å²) < 4.78 is 10.8.